The molecule has 8 heteroatoms. The van der Waals surface area contributed by atoms with Gasteiger partial charge in [-0.15, -0.1) is 0 Å². The number of nitrogens with zero attached hydrogens (tertiary/aromatic N) is 2. The van der Waals surface area contributed by atoms with Gasteiger partial charge in [0.25, 0.3) is 0 Å². The second kappa shape index (κ2) is 7.01. The molecule has 3 rings (SSSR count). The number of carbonyl (C=O) groups excluding carboxylic acids is 1. The molecule has 0 aliphatic rings. The van der Waals surface area contributed by atoms with Crippen molar-refractivity contribution in [3.63, 3.8) is 0 Å². The maximum absolute atomic E-state index is 12.1. The second-order valence-electron chi connectivity index (χ2n) is 4.62. The van der Waals surface area contributed by atoms with Gasteiger partial charge >= 0.3 is 0 Å². The van der Waals surface area contributed by atoms with Crippen LogP contribution < -0.4 is 5.32 Å². The van der Waals surface area contributed by atoms with Crippen molar-refractivity contribution in [2.75, 3.05) is 11.1 Å². The number of rotatable bonds is 4. The number of imidazole rings is 1. The van der Waals surface area contributed by atoms with Crippen LogP contribution in [-0.4, -0.2) is 21.0 Å². The van der Waals surface area contributed by atoms with E-state index in [1.165, 1.54) is 23.9 Å². The number of carbonyl (C=O) groups is 1. The van der Waals surface area contributed by atoms with Crippen molar-refractivity contribution < 1.29 is 4.79 Å². The highest BCUT2D eigenvalue weighted by Gasteiger charge is 2.11. The summed E-state index contributed by atoms with van der Waals surface area (Å²) in [6.07, 6.45) is 3.66. The Hall–Kier alpha value is -1.40. The minimum absolute atomic E-state index is 0.199. The topological polar surface area (TPSA) is 46.4 Å². The molecule has 4 nitrogen and oxygen atoms in total. The number of benzene rings is 1. The lowest BCUT2D eigenvalue weighted by atomic mass is 10.3. The SMILES string of the molecule is O=C(CSc1ncc2ccccn12)Nc1cc(Cl)c(Cl)cc1Cl. The summed E-state index contributed by atoms with van der Waals surface area (Å²) in [7, 11) is 0. The van der Waals surface area contributed by atoms with Gasteiger partial charge in [-0.05, 0) is 24.3 Å². The molecule has 23 heavy (non-hydrogen) atoms. The number of nitrogens with one attached hydrogen (secondary N) is 1. The molecule has 2 aromatic heterocycles. The first-order valence-electron chi connectivity index (χ1n) is 6.54. The average Bonchev–Trinajstić information content (AvgIpc) is 2.94. The smallest absolute Gasteiger partial charge is 0.234 e. The molecule has 0 atom stereocenters. The van der Waals surface area contributed by atoms with Gasteiger partial charge in [-0.25, -0.2) is 4.98 Å². The van der Waals surface area contributed by atoms with Crippen LogP contribution in [0, 0.1) is 0 Å². The molecule has 0 bridgehead atoms. The van der Waals surface area contributed by atoms with Crippen LogP contribution in [0.5, 0.6) is 0 Å². The predicted molar refractivity (Wildman–Crippen MR) is 96.0 cm³/mol. The molecule has 0 aliphatic carbocycles. The first kappa shape index (κ1) is 16.5. The molecular weight excluding hydrogens is 377 g/mol. The number of amides is 1. The Morgan fingerprint density at radius 3 is 2.78 bits per heavy atom. The van der Waals surface area contributed by atoms with Crippen LogP contribution in [0.25, 0.3) is 5.52 Å². The van der Waals surface area contributed by atoms with E-state index >= 15 is 0 Å². The molecule has 2 heterocycles. The predicted octanol–water partition coefficient (Wildman–Crippen LogP) is 5.03. The van der Waals surface area contributed by atoms with Crippen molar-refractivity contribution in [3.8, 4) is 0 Å². The number of halogens is 3. The van der Waals surface area contributed by atoms with Crippen LogP contribution in [0.4, 0.5) is 5.69 Å². The van der Waals surface area contributed by atoms with Gasteiger partial charge in [0, 0.05) is 6.20 Å². The Labute approximate surface area is 151 Å². The van der Waals surface area contributed by atoms with Crippen LogP contribution in [0.1, 0.15) is 0 Å². The lowest BCUT2D eigenvalue weighted by Gasteiger charge is -2.08. The van der Waals surface area contributed by atoms with Crippen LogP contribution >= 0.6 is 46.6 Å². The first-order chi connectivity index (χ1) is 11.0. The van der Waals surface area contributed by atoms with Crippen molar-refractivity contribution in [3.05, 3.63) is 57.8 Å². The summed E-state index contributed by atoms with van der Waals surface area (Å²) in [5.74, 6) is -0.00659. The van der Waals surface area contributed by atoms with E-state index in [4.69, 9.17) is 34.8 Å². The van der Waals surface area contributed by atoms with E-state index in [1.807, 2.05) is 28.8 Å². The molecule has 0 unspecified atom stereocenters. The summed E-state index contributed by atoms with van der Waals surface area (Å²) >= 11 is 19.2. The van der Waals surface area contributed by atoms with Crippen LogP contribution in [0.3, 0.4) is 0 Å². The van der Waals surface area contributed by atoms with Crippen molar-refractivity contribution in [2.24, 2.45) is 0 Å². The molecule has 118 valence electrons. The van der Waals surface area contributed by atoms with E-state index in [2.05, 4.69) is 10.3 Å². The summed E-state index contributed by atoms with van der Waals surface area (Å²) in [6, 6.07) is 8.82. The van der Waals surface area contributed by atoms with Gasteiger partial charge in [0.15, 0.2) is 5.16 Å². The van der Waals surface area contributed by atoms with Crippen molar-refractivity contribution in [1.82, 2.24) is 9.38 Å². The van der Waals surface area contributed by atoms with Gasteiger partial charge < -0.3 is 5.32 Å². The van der Waals surface area contributed by atoms with E-state index in [0.29, 0.717) is 20.8 Å². The molecule has 0 fully saturated rings. The van der Waals surface area contributed by atoms with Crippen LogP contribution in [0.15, 0.2) is 47.9 Å². The summed E-state index contributed by atoms with van der Waals surface area (Å²) in [5.41, 5.74) is 1.41. The Bertz CT molecular complexity index is 882. The first-order valence-corrected chi connectivity index (χ1v) is 8.66. The summed E-state index contributed by atoms with van der Waals surface area (Å²) < 4.78 is 1.92. The van der Waals surface area contributed by atoms with Gasteiger partial charge in [0.05, 0.1) is 38.2 Å². The fourth-order valence-electron chi connectivity index (χ4n) is 1.96. The molecule has 0 spiro atoms. The molecular formula is C15H10Cl3N3OS. The Morgan fingerprint density at radius 2 is 1.96 bits per heavy atom. The van der Waals surface area contributed by atoms with E-state index in [9.17, 15) is 4.79 Å². The van der Waals surface area contributed by atoms with Gasteiger partial charge in [-0.3, -0.25) is 9.20 Å². The summed E-state index contributed by atoms with van der Waals surface area (Å²) in [5, 5.41) is 4.47. The fourth-order valence-corrected chi connectivity index (χ4v) is 3.32. The standard InChI is InChI=1S/C15H10Cl3N3OS/c16-10-5-12(18)13(6-11(10)17)20-14(22)8-23-15-19-7-9-3-1-2-4-21(9)15/h1-7H,8H2,(H,20,22). The highest BCUT2D eigenvalue weighted by Crippen LogP contribution is 2.32. The lowest BCUT2D eigenvalue weighted by molar-refractivity contribution is -0.113. The van der Waals surface area contributed by atoms with Crippen molar-refractivity contribution in [2.45, 2.75) is 5.16 Å². The normalized spacial score (nSPS) is 10.9. The molecule has 1 aromatic carbocycles. The summed E-state index contributed by atoms with van der Waals surface area (Å²) in [6.45, 7) is 0. The van der Waals surface area contributed by atoms with E-state index in [-0.39, 0.29) is 11.7 Å². The molecule has 0 saturated carbocycles. The molecule has 1 N–H and O–H groups in total. The number of hydrogen-bond acceptors (Lipinski definition) is 3. The number of hydrogen-bond donors (Lipinski definition) is 1. The summed E-state index contributed by atoms with van der Waals surface area (Å²) in [4.78, 5) is 16.4. The van der Waals surface area contributed by atoms with E-state index in [0.717, 1.165) is 10.7 Å². The number of aromatic nitrogens is 2. The van der Waals surface area contributed by atoms with Crippen LogP contribution in [-0.2, 0) is 4.79 Å². The molecule has 1 amide bonds. The Morgan fingerprint density at radius 1 is 1.17 bits per heavy atom. The lowest BCUT2D eigenvalue weighted by Crippen LogP contribution is -2.14. The third-order valence-electron chi connectivity index (χ3n) is 3.02. The van der Waals surface area contributed by atoms with Crippen LogP contribution in [0.2, 0.25) is 15.1 Å². The molecule has 3 aromatic rings. The van der Waals surface area contributed by atoms with Crippen molar-refractivity contribution >= 4 is 63.7 Å². The molecule has 0 radical (unpaired) electrons. The number of fused-ring (bicyclic) bond motifs is 1. The van der Waals surface area contributed by atoms with E-state index in [1.54, 1.807) is 6.20 Å². The zero-order chi connectivity index (χ0) is 16.4. The second-order valence-corrected chi connectivity index (χ2v) is 6.78. The van der Waals surface area contributed by atoms with Gasteiger partial charge in [-0.2, -0.15) is 0 Å². The Balaban J connectivity index is 1.67. The van der Waals surface area contributed by atoms with E-state index < -0.39 is 0 Å². The minimum Gasteiger partial charge on any atom is -0.324 e. The zero-order valence-corrected chi connectivity index (χ0v) is 14.7. The molecule has 0 saturated heterocycles. The maximum Gasteiger partial charge on any atom is 0.234 e. The third-order valence-corrected chi connectivity index (χ3v) is 5.02. The fraction of sp³-hybridized carbons (Fsp3) is 0.0667. The highest BCUT2D eigenvalue weighted by atomic mass is 35.5. The van der Waals surface area contributed by atoms with Crippen molar-refractivity contribution in [1.29, 1.82) is 0 Å². The quantitative estimate of drug-likeness (QED) is 0.505. The minimum atomic E-state index is -0.206. The maximum atomic E-state index is 12.1. The monoisotopic (exact) mass is 385 g/mol. The zero-order valence-electron chi connectivity index (χ0n) is 11.6. The Kier molecular flexibility index (Phi) is 5.02. The third kappa shape index (κ3) is 3.75. The largest absolute Gasteiger partial charge is 0.324 e. The highest BCUT2D eigenvalue weighted by molar-refractivity contribution is 7.99. The van der Waals surface area contributed by atoms with Gasteiger partial charge in [0.2, 0.25) is 5.91 Å². The van der Waals surface area contributed by atoms with Gasteiger partial charge in [-0.1, -0.05) is 52.6 Å². The number of anilines is 1. The average molecular weight is 387 g/mol. The number of pyridine rings is 1. The molecule has 0 aliphatic heterocycles. The van der Waals surface area contributed by atoms with Gasteiger partial charge in [0.1, 0.15) is 0 Å². The number of thioether (sulfide) groups is 1.